The van der Waals surface area contributed by atoms with Crippen LogP contribution < -0.4 is 14.8 Å². The molecule has 1 saturated heterocycles. The number of halogens is 3. The average Bonchev–Trinajstić information content (AvgIpc) is 3.27. The quantitative estimate of drug-likeness (QED) is 0.576. The molecule has 0 amide bonds. The molecule has 0 radical (unpaired) electrons. The third-order valence-corrected chi connectivity index (χ3v) is 4.74. The molecule has 3 N–H and O–H groups in total. The van der Waals surface area contributed by atoms with E-state index in [0.29, 0.717) is 24.1 Å². The van der Waals surface area contributed by atoms with Crippen LogP contribution in [0.25, 0.3) is 11.2 Å². The van der Waals surface area contributed by atoms with Gasteiger partial charge in [-0.25, -0.2) is 8.78 Å². The normalized spacial score (nSPS) is 19.3. The number of aliphatic hydroxyl groups excluding tert-OH is 1. The fourth-order valence-electron chi connectivity index (χ4n) is 3.02. The zero-order valence-electron chi connectivity index (χ0n) is 14.6. The Bertz CT molecular complexity index is 986. The average molecular weight is 413 g/mol. The predicted octanol–water partition coefficient (Wildman–Crippen LogP) is 2.82. The van der Waals surface area contributed by atoms with Crippen molar-refractivity contribution in [2.75, 3.05) is 13.2 Å². The molecule has 0 bridgehead atoms. The van der Waals surface area contributed by atoms with E-state index >= 15 is 0 Å². The summed E-state index contributed by atoms with van der Waals surface area (Å²) in [6.45, 7) is 0.278. The van der Waals surface area contributed by atoms with Crippen molar-refractivity contribution in [3.05, 3.63) is 46.5 Å². The van der Waals surface area contributed by atoms with Crippen molar-refractivity contribution >= 4 is 22.8 Å². The van der Waals surface area contributed by atoms with Crippen LogP contribution in [0.4, 0.5) is 8.78 Å². The molecule has 1 aliphatic rings. The lowest BCUT2D eigenvalue weighted by Gasteiger charge is -2.09. The monoisotopic (exact) mass is 412 g/mol. The van der Waals surface area contributed by atoms with Gasteiger partial charge in [-0.1, -0.05) is 17.7 Å². The summed E-state index contributed by atoms with van der Waals surface area (Å²) in [7, 11) is 0. The number of benzene rings is 1. The van der Waals surface area contributed by atoms with Crippen LogP contribution in [0.3, 0.4) is 0 Å². The Morgan fingerprint density at radius 1 is 1.29 bits per heavy atom. The van der Waals surface area contributed by atoms with Gasteiger partial charge in [0.2, 0.25) is 5.88 Å². The van der Waals surface area contributed by atoms with E-state index in [1.165, 1.54) is 6.07 Å². The van der Waals surface area contributed by atoms with Crippen LogP contribution in [0.5, 0.6) is 11.9 Å². The number of ether oxygens (including phenoxy) is 2. The molecular weight excluding hydrogens is 394 g/mol. The maximum Gasteiger partial charge on any atom is 0.296 e. The van der Waals surface area contributed by atoms with E-state index < -0.39 is 11.6 Å². The first-order chi connectivity index (χ1) is 13.5. The van der Waals surface area contributed by atoms with Crippen molar-refractivity contribution in [3.63, 3.8) is 0 Å². The van der Waals surface area contributed by atoms with E-state index in [4.69, 9.17) is 26.2 Å². The van der Waals surface area contributed by atoms with Crippen LogP contribution >= 0.6 is 11.6 Å². The number of pyridine rings is 1. The van der Waals surface area contributed by atoms with Crippen molar-refractivity contribution in [1.29, 1.82) is 0 Å². The van der Waals surface area contributed by atoms with Gasteiger partial charge in [-0.2, -0.15) is 9.97 Å². The number of aliphatic hydroxyl groups is 1. The lowest BCUT2D eigenvalue weighted by molar-refractivity contribution is 0.194. The van der Waals surface area contributed by atoms with Crippen molar-refractivity contribution in [1.82, 2.24) is 20.3 Å². The largest absolute Gasteiger partial charge is 0.471 e. The molecule has 4 rings (SSSR count). The van der Waals surface area contributed by atoms with Crippen molar-refractivity contribution < 1.29 is 24.8 Å². The SMILES string of the molecule is OC[C@@H]1C[C@H](Oc2nc3nc(OCc4c(F)cccc4F)c(Cl)cc3[nH]2)CN1.[HH]. The number of rotatable bonds is 6. The van der Waals surface area contributed by atoms with Gasteiger partial charge in [-0.3, -0.25) is 0 Å². The zero-order valence-corrected chi connectivity index (χ0v) is 15.3. The first kappa shape index (κ1) is 18.9. The highest BCUT2D eigenvalue weighted by Gasteiger charge is 2.26. The third-order valence-electron chi connectivity index (χ3n) is 4.47. The molecule has 0 aliphatic carbocycles. The predicted molar refractivity (Wildman–Crippen MR) is 99.6 cm³/mol. The number of aromatic amines is 1. The highest BCUT2D eigenvalue weighted by molar-refractivity contribution is 6.32. The Morgan fingerprint density at radius 2 is 2.07 bits per heavy atom. The number of nitrogens with one attached hydrogen (secondary N) is 2. The fraction of sp³-hybridized carbons (Fsp3) is 0.333. The number of fused-ring (bicyclic) bond motifs is 1. The van der Waals surface area contributed by atoms with E-state index in [9.17, 15) is 8.78 Å². The zero-order chi connectivity index (χ0) is 19.7. The lowest BCUT2D eigenvalue weighted by atomic mass is 10.2. The molecule has 2 aromatic heterocycles. The molecule has 1 aromatic carbocycles. The Morgan fingerprint density at radius 3 is 2.79 bits per heavy atom. The molecule has 3 aromatic rings. The topological polar surface area (TPSA) is 92.3 Å². The van der Waals surface area contributed by atoms with E-state index in [1.54, 1.807) is 6.07 Å². The summed E-state index contributed by atoms with van der Waals surface area (Å²) in [6.07, 6.45) is 0.525. The fourth-order valence-corrected chi connectivity index (χ4v) is 3.22. The molecule has 1 fully saturated rings. The first-order valence-electron chi connectivity index (χ1n) is 8.66. The molecular formula is C18H19ClF2N4O3. The summed E-state index contributed by atoms with van der Waals surface area (Å²) >= 11 is 6.17. The van der Waals surface area contributed by atoms with E-state index in [2.05, 4.69) is 20.3 Å². The van der Waals surface area contributed by atoms with Crippen LogP contribution in [0, 0.1) is 11.6 Å². The number of hydrogen-bond acceptors (Lipinski definition) is 6. The van der Waals surface area contributed by atoms with Gasteiger partial charge in [0.25, 0.3) is 6.01 Å². The molecule has 1 aliphatic heterocycles. The second-order valence-electron chi connectivity index (χ2n) is 6.44. The Balaban J connectivity index is 0.00000240. The second kappa shape index (κ2) is 7.86. The minimum atomic E-state index is -0.709. The summed E-state index contributed by atoms with van der Waals surface area (Å²) in [6, 6.07) is 5.40. The molecule has 7 nitrogen and oxygen atoms in total. The van der Waals surface area contributed by atoms with Crippen molar-refractivity contribution in [2.45, 2.75) is 25.2 Å². The van der Waals surface area contributed by atoms with Gasteiger partial charge in [0.15, 0.2) is 5.65 Å². The van der Waals surface area contributed by atoms with Crippen LogP contribution in [0.2, 0.25) is 5.02 Å². The number of H-pyrrole nitrogens is 1. The summed E-state index contributed by atoms with van der Waals surface area (Å²) < 4.78 is 38.6. The number of nitrogens with zero attached hydrogens (tertiary/aromatic N) is 2. The van der Waals surface area contributed by atoms with Gasteiger partial charge in [-0.15, -0.1) is 0 Å². The van der Waals surface area contributed by atoms with Crippen LogP contribution in [0.15, 0.2) is 24.3 Å². The van der Waals surface area contributed by atoms with Gasteiger partial charge in [0.05, 0.1) is 17.7 Å². The molecule has 10 heteroatoms. The number of aromatic nitrogens is 3. The van der Waals surface area contributed by atoms with Crippen molar-refractivity contribution in [3.8, 4) is 11.9 Å². The smallest absolute Gasteiger partial charge is 0.296 e. The van der Waals surface area contributed by atoms with Crippen LogP contribution in [-0.4, -0.2) is 45.4 Å². The Labute approximate surface area is 165 Å². The second-order valence-corrected chi connectivity index (χ2v) is 6.85. The summed E-state index contributed by atoms with van der Waals surface area (Å²) in [5, 5.41) is 12.5. The third kappa shape index (κ3) is 3.87. The maximum atomic E-state index is 13.7. The number of imidazole rings is 1. The van der Waals surface area contributed by atoms with Crippen LogP contribution in [0.1, 0.15) is 13.4 Å². The molecule has 2 atom stereocenters. The summed E-state index contributed by atoms with van der Waals surface area (Å²) in [4.78, 5) is 11.4. The highest BCUT2D eigenvalue weighted by Crippen LogP contribution is 2.28. The standard InChI is InChI=1S/C18H17ClF2N4O3.H2/c19-12-5-15-16(25-18(23-15)28-10-4-9(7-26)22-6-10)24-17(12)27-8-11-13(20)2-1-3-14(11)21;/h1-3,5,9-10,22,26H,4,6-8H2,(H,23,24,25);1H/t9-,10-;/m0./s1. The first-order valence-corrected chi connectivity index (χ1v) is 9.04. The van der Waals surface area contributed by atoms with Gasteiger partial charge in [0.1, 0.15) is 29.4 Å². The van der Waals surface area contributed by atoms with Crippen molar-refractivity contribution in [2.24, 2.45) is 0 Å². The Kier molecular flexibility index (Phi) is 5.29. The minimum Gasteiger partial charge on any atom is -0.471 e. The lowest BCUT2D eigenvalue weighted by Crippen LogP contribution is -2.25. The van der Waals surface area contributed by atoms with Crippen LogP contribution in [-0.2, 0) is 6.61 Å². The molecule has 0 saturated carbocycles. The molecule has 150 valence electrons. The molecule has 0 spiro atoms. The van der Waals surface area contributed by atoms with Gasteiger partial charge in [0, 0.05) is 20.4 Å². The maximum absolute atomic E-state index is 13.7. The molecule has 3 heterocycles. The summed E-state index contributed by atoms with van der Waals surface area (Å²) in [5.41, 5.74) is 0.626. The summed E-state index contributed by atoms with van der Waals surface area (Å²) in [5.74, 6) is -1.41. The number of hydrogen-bond donors (Lipinski definition) is 3. The van der Waals surface area contributed by atoms with E-state index in [-0.39, 0.29) is 49.3 Å². The van der Waals surface area contributed by atoms with Gasteiger partial charge >= 0.3 is 0 Å². The minimum absolute atomic E-state index is 0. The molecule has 28 heavy (non-hydrogen) atoms. The van der Waals surface area contributed by atoms with Gasteiger partial charge < -0.3 is 24.9 Å². The van der Waals surface area contributed by atoms with E-state index in [1.807, 2.05) is 0 Å². The highest BCUT2D eigenvalue weighted by atomic mass is 35.5. The molecule has 0 unspecified atom stereocenters. The van der Waals surface area contributed by atoms with Gasteiger partial charge in [-0.05, 0) is 18.2 Å². The van der Waals surface area contributed by atoms with E-state index in [0.717, 1.165) is 12.1 Å². The Hall–Kier alpha value is -2.49.